The Balaban J connectivity index is 1.50. The minimum atomic E-state index is -0.143. The molecule has 4 aliphatic rings. The molecule has 0 aliphatic heterocycles. The third-order valence-electron chi connectivity index (χ3n) is 9.94. The van der Waals surface area contributed by atoms with E-state index in [1.165, 1.54) is 51.9 Å². The molecule has 0 amide bonds. The zero-order valence-electron chi connectivity index (χ0n) is 19.0. The molecule has 0 aromatic rings. The van der Waals surface area contributed by atoms with Crippen LogP contribution in [0.3, 0.4) is 0 Å². The van der Waals surface area contributed by atoms with E-state index in [9.17, 15) is 9.59 Å². The third kappa shape index (κ3) is 3.53. The standard InChI is InChI=1S/C25H40O4/c1-15(28-16(2)26)21-8-9-22-20-7-6-18-14-19(29-17(3)27)10-12-24(18,4)23(20)11-13-25(21,22)5/h15,18-23H,6-14H2,1-5H3/t15-,18-,19-,20+,21+,22-,23-,24+,25+/m1/s1. The Hall–Kier alpha value is -1.06. The van der Waals surface area contributed by atoms with E-state index in [1.807, 2.05) is 0 Å². The summed E-state index contributed by atoms with van der Waals surface area (Å²) >= 11 is 0. The molecular formula is C25H40O4. The molecule has 4 aliphatic carbocycles. The maximum atomic E-state index is 11.5. The molecule has 4 saturated carbocycles. The SMILES string of the molecule is CC(=O)O[C@@H]1CC[C@@]2(C)[C@H](CC[C@@H]3[C@H]2CC[C@]2(C)[C@@H]3CC[C@H]2[C@@H](C)OC(C)=O)C1. The van der Waals surface area contributed by atoms with Crippen molar-refractivity contribution < 1.29 is 19.1 Å². The maximum Gasteiger partial charge on any atom is 0.302 e. The normalized spacial score (nSPS) is 47.3. The second-order valence-corrected chi connectivity index (χ2v) is 11.2. The third-order valence-corrected chi connectivity index (χ3v) is 9.94. The van der Waals surface area contributed by atoms with Crippen LogP contribution in [0, 0.1) is 40.4 Å². The summed E-state index contributed by atoms with van der Waals surface area (Å²) in [7, 11) is 0. The van der Waals surface area contributed by atoms with E-state index < -0.39 is 0 Å². The number of hydrogen-bond acceptors (Lipinski definition) is 4. The van der Waals surface area contributed by atoms with Gasteiger partial charge in [-0.2, -0.15) is 0 Å². The summed E-state index contributed by atoms with van der Waals surface area (Å²) in [4.78, 5) is 23.0. The predicted molar refractivity (Wildman–Crippen MR) is 112 cm³/mol. The first kappa shape index (κ1) is 21.2. The number of fused-ring (bicyclic) bond motifs is 5. The number of rotatable bonds is 3. The molecule has 0 N–H and O–H groups in total. The van der Waals surface area contributed by atoms with Crippen molar-refractivity contribution in [2.24, 2.45) is 40.4 Å². The van der Waals surface area contributed by atoms with Crippen molar-refractivity contribution in [1.29, 1.82) is 0 Å². The van der Waals surface area contributed by atoms with Crippen LogP contribution in [0.5, 0.6) is 0 Å². The van der Waals surface area contributed by atoms with E-state index in [4.69, 9.17) is 9.47 Å². The van der Waals surface area contributed by atoms with Gasteiger partial charge in [-0.15, -0.1) is 0 Å². The van der Waals surface area contributed by atoms with Crippen LogP contribution >= 0.6 is 0 Å². The summed E-state index contributed by atoms with van der Waals surface area (Å²) < 4.78 is 11.3. The molecule has 0 aromatic carbocycles. The molecule has 9 atom stereocenters. The van der Waals surface area contributed by atoms with E-state index in [0.29, 0.717) is 22.7 Å². The monoisotopic (exact) mass is 404 g/mol. The summed E-state index contributed by atoms with van der Waals surface area (Å²) in [5.74, 6) is 3.32. The zero-order valence-corrected chi connectivity index (χ0v) is 19.0. The molecule has 0 spiro atoms. The van der Waals surface area contributed by atoms with Crippen molar-refractivity contribution in [1.82, 2.24) is 0 Å². The Morgan fingerprint density at radius 2 is 1.55 bits per heavy atom. The van der Waals surface area contributed by atoms with Crippen LogP contribution < -0.4 is 0 Å². The van der Waals surface area contributed by atoms with Crippen molar-refractivity contribution in [3.05, 3.63) is 0 Å². The number of ether oxygens (including phenoxy) is 2. The van der Waals surface area contributed by atoms with Crippen molar-refractivity contribution in [3.8, 4) is 0 Å². The first-order valence-corrected chi connectivity index (χ1v) is 12.0. The fourth-order valence-electron chi connectivity index (χ4n) is 8.72. The molecule has 0 bridgehead atoms. The lowest BCUT2D eigenvalue weighted by atomic mass is 9.44. The van der Waals surface area contributed by atoms with E-state index in [-0.39, 0.29) is 24.1 Å². The van der Waals surface area contributed by atoms with Crippen LogP contribution in [0.1, 0.15) is 92.4 Å². The quantitative estimate of drug-likeness (QED) is 0.581. The van der Waals surface area contributed by atoms with Crippen molar-refractivity contribution in [2.75, 3.05) is 0 Å². The van der Waals surface area contributed by atoms with Crippen molar-refractivity contribution >= 4 is 11.9 Å². The Labute approximate surface area is 176 Å². The van der Waals surface area contributed by atoms with E-state index >= 15 is 0 Å². The van der Waals surface area contributed by atoms with E-state index in [1.54, 1.807) is 6.92 Å². The molecule has 0 saturated heterocycles. The molecule has 0 unspecified atom stereocenters. The Morgan fingerprint density at radius 3 is 2.24 bits per heavy atom. The average molecular weight is 405 g/mol. The highest BCUT2D eigenvalue weighted by molar-refractivity contribution is 5.66. The molecule has 0 heterocycles. The first-order valence-electron chi connectivity index (χ1n) is 12.0. The second kappa shape index (κ2) is 7.57. The molecule has 4 heteroatoms. The Morgan fingerprint density at radius 1 is 0.862 bits per heavy atom. The van der Waals surface area contributed by atoms with E-state index in [0.717, 1.165) is 30.6 Å². The fraction of sp³-hybridized carbons (Fsp3) is 0.920. The van der Waals surface area contributed by atoms with Gasteiger partial charge < -0.3 is 9.47 Å². The van der Waals surface area contributed by atoms with Gasteiger partial charge in [-0.1, -0.05) is 13.8 Å². The number of carbonyl (C=O) groups is 2. The molecule has 0 radical (unpaired) electrons. The summed E-state index contributed by atoms with van der Waals surface area (Å²) in [5.41, 5.74) is 0.717. The van der Waals surface area contributed by atoms with Gasteiger partial charge in [0.05, 0.1) is 0 Å². The van der Waals surface area contributed by atoms with Crippen LogP contribution in [-0.2, 0) is 19.1 Å². The van der Waals surface area contributed by atoms with Gasteiger partial charge in [0.25, 0.3) is 0 Å². The second-order valence-electron chi connectivity index (χ2n) is 11.2. The van der Waals surface area contributed by atoms with Crippen molar-refractivity contribution in [3.63, 3.8) is 0 Å². The minimum absolute atomic E-state index is 0.0325. The highest BCUT2D eigenvalue weighted by Gasteiger charge is 2.61. The van der Waals surface area contributed by atoms with Gasteiger partial charge in [-0.25, -0.2) is 0 Å². The van der Waals surface area contributed by atoms with Crippen molar-refractivity contribution in [2.45, 2.75) is 105 Å². The molecule has 4 nitrogen and oxygen atoms in total. The highest BCUT2D eigenvalue weighted by Crippen LogP contribution is 2.68. The van der Waals surface area contributed by atoms with Crippen LogP contribution in [0.4, 0.5) is 0 Å². The van der Waals surface area contributed by atoms with Gasteiger partial charge in [0, 0.05) is 19.8 Å². The molecule has 4 rings (SSSR count). The van der Waals surface area contributed by atoms with Gasteiger partial charge in [0.2, 0.25) is 0 Å². The average Bonchev–Trinajstić information content (AvgIpc) is 2.98. The summed E-state index contributed by atoms with van der Waals surface area (Å²) in [6.07, 6.45) is 11.2. The van der Waals surface area contributed by atoms with Crippen LogP contribution in [0.2, 0.25) is 0 Å². The Kier molecular flexibility index (Phi) is 5.53. The number of hydrogen-bond donors (Lipinski definition) is 0. The number of carbonyl (C=O) groups excluding carboxylic acids is 2. The summed E-state index contributed by atoms with van der Waals surface area (Å²) in [5, 5.41) is 0. The predicted octanol–water partition coefficient (Wildman–Crippen LogP) is 5.53. The van der Waals surface area contributed by atoms with Gasteiger partial charge in [-0.3, -0.25) is 9.59 Å². The summed E-state index contributed by atoms with van der Waals surface area (Å²) in [6.45, 7) is 10.2. The minimum Gasteiger partial charge on any atom is -0.463 e. The molecule has 29 heavy (non-hydrogen) atoms. The van der Waals surface area contributed by atoms with Crippen LogP contribution in [0.25, 0.3) is 0 Å². The highest BCUT2D eigenvalue weighted by atomic mass is 16.5. The molecule has 164 valence electrons. The smallest absolute Gasteiger partial charge is 0.302 e. The lowest BCUT2D eigenvalue weighted by Crippen LogP contribution is -2.54. The summed E-state index contributed by atoms with van der Waals surface area (Å²) in [6, 6.07) is 0. The lowest BCUT2D eigenvalue weighted by molar-refractivity contribution is -0.164. The van der Waals surface area contributed by atoms with Gasteiger partial charge in [-0.05, 0) is 99.2 Å². The van der Waals surface area contributed by atoms with Crippen LogP contribution in [-0.4, -0.2) is 24.1 Å². The topological polar surface area (TPSA) is 52.6 Å². The number of esters is 2. The molecule has 0 aromatic heterocycles. The zero-order chi connectivity index (χ0) is 21.0. The Bertz CT molecular complexity index is 659. The van der Waals surface area contributed by atoms with Gasteiger partial charge >= 0.3 is 11.9 Å². The first-order chi connectivity index (χ1) is 13.6. The fourth-order valence-corrected chi connectivity index (χ4v) is 8.72. The van der Waals surface area contributed by atoms with Gasteiger partial charge in [0.1, 0.15) is 12.2 Å². The van der Waals surface area contributed by atoms with E-state index in [2.05, 4.69) is 20.8 Å². The van der Waals surface area contributed by atoms with Crippen LogP contribution in [0.15, 0.2) is 0 Å². The van der Waals surface area contributed by atoms with Gasteiger partial charge in [0.15, 0.2) is 0 Å². The lowest BCUT2D eigenvalue weighted by Gasteiger charge is -2.61. The largest absolute Gasteiger partial charge is 0.463 e. The molecule has 4 fully saturated rings. The maximum absolute atomic E-state index is 11.5. The molecular weight excluding hydrogens is 364 g/mol.